The zero-order valence-electron chi connectivity index (χ0n) is 17.5. The summed E-state index contributed by atoms with van der Waals surface area (Å²) in [6.07, 6.45) is 4.25. The first kappa shape index (κ1) is 26.0. The van der Waals surface area contributed by atoms with Crippen molar-refractivity contribution in [2.24, 2.45) is 0 Å². The lowest BCUT2D eigenvalue weighted by Crippen LogP contribution is -2.33. The Kier molecular flexibility index (Phi) is 8.59. The number of nitrogens with zero attached hydrogens (tertiary/aromatic N) is 3. The highest BCUT2D eigenvalue weighted by Gasteiger charge is 2.25. The zero-order chi connectivity index (χ0) is 20.0. The van der Waals surface area contributed by atoms with Crippen LogP contribution >= 0.6 is 37.2 Å². The Morgan fingerprint density at radius 2 is 2.09 bits per heavy atom. The van der Waals surface area contributed by atoms with E-state index >= 15 is 0 Å². The molecule has 3 N–H and O–H groups in total. The smallest absolute Gasteiger partial charge is 0.260 e. The van der Waals surface area contributed by atoms with Gasteiger partial charge in [-0.2, -0.15) is 0 Å². The molecule has 3 aromatic rings. The van der Waals surface area contributed by atoms with Gasteiger partial charge < -0.3 is 20.1 Å². The van der Waals surface area contributed by atoms with Crippen molar-refractivity contribution in [3.8, 4) is 5.75 Å². The number of anilines is 2. The molecule has 0 bridgehead atoms. The van der Waals surface area contributed by atoms with Gasteiger partial charge in [-0.05, 0) is 42.5 Å². The molecule has 0 spiro atoms. The van der Waals surface area contributed by atoms with E-state index in [4.69, 9.17) is 20.2 Å². The Hall–Kier alpha value is -2.26. The van der Waals surface area contributed by atoms with Gasteiger partial charge in [0.05, 0.1) is 24.1 Å². The van der Waals surface area contributed by atoms with Crippen molar-refractivity contribution in [1.82, 2.24) is 15.0 Å². The highest BCUT2D eigenvalue weighted by atomic mass is 35.5. The lowest BCUT2D eigenvalue weighted by atomic mass is 10.0. The number of aromatic amines is 1. The lowest BCUT2D eigenvalue weighted by molar-refractivity contribution is 0.113. The van der Waals surface area contributed by atoms with Crippen molar-refractivity contribution in [3.05, 3.63) is 51.4 Å². The topological polar surface area (TPSA) is 106 Å². The number of H-pyrrole nitrogens is 1. The molecule has 2 aliphatic heterocycles. The van der Waals surface area contributed by atoms with E-state index in [2.05, 4.69) is 14.9 Å². The molecule has 1 aromatic carbocycles. The summed E-state index contributed by atoms with van der Waals surface area (Å²) in [5.74, 6) is 1.80. The van der Waals surface area contributed by atoms with Gasteiger partial charge in [0.15, 0.2) is 0 Å². The van der Waals surface area contributed by atoms with Crippen LogP contribution in [0.15, 0.2) is 29.2 Å². The number of nitrogens with one attached hydrogen (secondary N) is 1. The van der Waals surface area contributed by atoms with E-state index in [0.29, 0.717) is 48.1 Å². The number of hydrogen-bond acceptors (Lipinski definition) is 7. The molecule has 1 unspecified atom stereocenters. The van der Waals surface area contributed by atoms with Crippen molar-refractivity contribution in [3.63, 3.8) is 0 Å². The first-order valence-electron chi connectivity index (χ1n) is 9.85. The maximum Gasteiger partial charge on any atom is 0.260 e. The molecule has 174 valence electrons. The van der Waals surface area contributed by atoms with Crippen LogP contribution in [0.1, 0.15) is 35.6 Å². The van der Waals surface area contributed by atoms with Crippen LogP contribution in [0, 0.1) is 0 Å². The molecule has 2 aromatic heterocycles. The summed E-state index contributed by atoms with van der Waals surface area (Å²) in [7, 11) is 1.62. The minimum absolute atomic E-state index is 0. The summed E-state index contributed by atoms with van der Waals surface area (Å²) in [5, 5.41) is 0.576. The van der Waals surface area contributed by atoms with Crippen LogP contribution in [0.2, 0.25) is 0 Å². The third-order valence-corrected chi connectivity index (χ3v) is 5.79. The fourth-order valence-corrected chi connectivity index (χ4v) is 4.31. The molecular formula is C21H26Cl3N5O3. The Bertz CT molecular complexity index is 1150. The van der Waals surface area contributed by atoms with Crippen molar-refractivity contribution in [1.29, 1.82) is 0 Å². The van der Waals surface area contributed by atoms with Crippen LogP contribution in [0.4, 0.5) is 11.8 Å². The van der Waals surface area contributed by atoms with Crippen LogP contribution in [0.3, 0.4) is 0 Å². The molecule has 0 saturated carbocycles. The monoisotopic (exact) mass is 501 g/mol. The Balaban J connectivity index is 0.00000121. The van der Waals surface area contributed by atoms with Gasteiger partial charge in [0.2, 0.25) is 5.95 Å². The molecule has 8 nitrogen and oxygen atoms in total. The van der Waals surface area contributed by atoms with E-state index in [1.54, 1.807) is 13.3 Å². The molecule has 4 heterocycles. The molecule has 0 aliphatic carbocycles. The molecule has 32 heavy (non-hydrogen) atoms. The maximum absolute atomic E-state index is 13.1. The first-order chi connectivity index (χ1) is 14.1. The summed E-state index contributed by atoms with van der Waals surface area (Å²) in [5.41, 5.74) is 9.50. The number of benzene rings is 1. The highest BCUT2D eigenvalue weighted by Crippen LogP contribution is 2.35. The Morgan fingerprint density at radius 1 is 1.28 bits per heavy atom. The van der Waals surface area contributed by atoms with Gasteiger partial charge in [-0.1, -0.05) is 0 Å². The molecule has 2 aliphatic rings. The van der Waals surface area contributed by atoms with Crippen molar-refractivity contribution < 1.29 is 9.47 Å². The first-order valence-corrected chi connectivity index (χ1v) is 9.85. The number of rotatable bonds is 3. The second kappa shape index (κ2) is 10.6. The summed E-state index contributed by atoms with van der Waals surface area (Å²) in [4.78, 5) is 27.1. The van der Waals surface area contributed by atoms with Gasteiger partial charge in [-0.25, -0.2) is 9.97 Å². The number of pyridine rings is 1. The molecular weight excluding hydrogens is 477 g/mol. The van der Waals surface area contributed by atoms with Crippen molar-refractivity contribution >= 4 is 59.9 Å². The molecule has 1 saturated heterocycles. The minimum atomic E-state index is -0.154. The molecule has 1 atom stereocenters. The van der Waals surface area contributed by atoms with Crippen LogP contribution in [-0.4, -0.2) is 35.2 Å². The highest BCUT2D eigenvalue weighted by molar-refractivity contribution is 5.86. The normalized spacial score (nSPS) is 17.0. The Labute approximate surface area is 204 Å². The minimum Gasteiger partial charge on any atom is -0.497 e. The number of aromatic nitrogens is 3. The zero-order valence-corrected chi connectivity index (χ0v) is 19.9. The molecule has 0 radical (unpaired) electrons. The lowest BCUT2D eigenvalue weighted by Gasteiger charge is -2.29. The number of methoxy groups -OCH3 is 1. The number of fused-ring (bicyclic) bond motifs is 2. The average Bonchev–Trinajstić information content (AvgIpc) is 3.27. The third kappa shape index (κ3) is 4.59. The van der Waals surface area contributed by atoms with Gasteiger partial charge >= 0.3 is 0 Å². The van der Waals surface area contributed by atoms with Gasteiger partial charge in [-0.15, -0.1) is 37.2 Å². The van der Waals surface area contributed by atoms with E-state index < -0.39 is 0 Å². The number of halogens is 3. The van der Waals surface area contributed by atoms with Crippen molar-refractivity contribution in [2.75, 3.05) is 30.9 Å². The molecule has 0 amide bonds. The SMILES string of the molecule is COc1cc(C2CCCO2)c2c(=O)[nH]c(N3CCc4c(ccnc4N)C3)nc2c1.Cl.Cl.Cl. The largest absolute Gasteiger partial charge is 0.497 e. The standard InChI is InChI=1S/C21H23N5O3.3ClH/c1-28-13-9-15(17-3-2-8-29-17)18-16(10-13)24-21(25-20(18)27)26-7-5-14-12(11-26)4-6-23-19(14)22;;;/h4,6,9-10,17H,2-3,5,7-8,11H2,1H3,(H2,22,23)(H,24,25,27);3*1H. The van der Waals surface area contributed by atoms with Crippen LogP contribution in [0.25, 0.3) is 10.9 Å². The summed E-state index contributed by atoms with van der Waals surface area (Å²) in [6, 6.07) is 5.67. The fraction of sp³-hybridized carbons (Fsp3) is 0.381. The Morgan fingerprint density at radius 3 is 2.81 bits per heavy atom. The number of ether oxygens (including phenoxy) is 2. The second-order valence-electron chi connectivity index (χ2n) is 7.51. The van der Waals surface area contributed by atoms with E-state index in [9.17, 15) is 4.79 Å². The van der Waals surface area contributed by atoms with Crippen LogP contribution in [-0.2, 0) is 17.7 Å². The van der Waals surface area contributed by atoms with Crippen LogP contribution < -0.4 is 20.9 Å². The van der Waals surface area contributed by atoms with Gasteiger partial charge in [-0.3, -0.25) is 9.78 Å². The summed E-state index contributed by atoms with van der Waals surface area (Å²) in [6.45, 7) is 2.04. The molecule has 1 fully saturated rings. The predicted molar refractivity (Wildman–Crippen MR) is 132 cm³/mol. The predicted octanol–water partition coefficient (Wildman–Crippen LogP) is 3.59. The van der Waals surface area contributed by atoms with E-state index in [1.165, 1.54) is 0 Å². The van der Waals surface area contributed by atoms with Gasteiger partial charge in [0.1, 0.15) is 11.6 Å². The van der Waals surface area contributed by atoms with Gasteiger partial charge in [0, 0.05) is 37.5 Å². The average molecular weight is 503 g/mol. The van der Waals surface area contributed by atoms with Crippen molar-refractivity contribution in [2.45, 2.75) is 31.9 Å². The maximum atomic E-state index is 13.1. The molecule has 5 rings (SSSR count). The second-order valence-corrected chi connectivity index (χ2v) is 7.51. The number of hydrogen-bond donors (Lipinski definition) is 2. The third-order valence-electron chi connectivity index (χ3n) is 5.79. The molecule has 11 heteroatoms. The summed E-state index contributed by atoms with van der Waals surface area (Å²) < 4.78 is 11.3. The number of nitrogens with two attached hydrogens (primary N) is 1. The van der Waals surface area contributed by atoms with E-state index in [0.717, 1.165) is 36.0 Å². The van der Waals surface area contributed by atoms with E-state index in [-0.39, 0.29) is 48.9 Å². The number of nitrogen functional groups attached to an aromatic ring is 1. The summed E-state index contributed by atoms with van der Waals surface area (Å²) >= 11 is 0. The quantitative estimate of drug-likeness (QED) is 0.564. The van der Waals surface area contributed by atoms with E-state index in [1.807, 2.05) is 18.2 Å². The van der Waals surface area contributed by atoms with Gasteiger partial charge in [0.25, 0.3) is 5.56 Å². The van der Waals surface area contributed by atoms with Crippen LogP contribution in [0.5, 0.6) is 5.75 Å². The fourth-order valence-electron chi connectivity index (χ4n) is 4.31.